The van der Waals surface area contributed by atoms with Crippen molar-refractivity contribution in [3.63, 3.8) is 0 Å². The van der Waals surface area contributed by atoms with Gasteiger partial charge in [0.2, 0.25) is 5.43 Å². The highest BCUT2D eigenvalue weighted by atomic mass is 19.1. The molecule has 0 aliphatic carbocycles. The molecule has 0 bridgehead atoms. The fraction of sp³-hybridized carbons (Fsp3) is 0.375. The first-order valence-electron chi connectivity index (χ1n) is 11.2. The van der Waals surface area contributed by atoms with Gasteiger partial charge in [-0.05, 0) is 26.3 Å². The number of carbonyl (C=O) groups excluding carboxylic acids is 1. The van der Waals surface area contributed by atoms with Gasteiger partial charge in [-0.3, -0.25) is 14.2 Å². The fourth-order valence-electron chi connectivity index (χ4n) is 3.94. The molecule has 8 nitrogen and oxygen atoms in total. The summed E-state index contributed by atoms with van der Waals surface area (Å²) in [4.78, 5) is 31.5. The lowest BCUT2D eigenvalue weighted by atomic mass is 10.0. The summed E-state index contributed by atoms with van der Waals surface area (Å²) in [5.41, 5.74) is -3.46. The molecule has 0 radical (unpaired) electrons. The van der Waals surface area contributed by atoms with Crippen LogP contribution >= 0.6 is 0 Å². The van der Waals surface area contributed by atoms with Crippen LogP contribution in [0.4, 0.5) is 23.4 Å². The van der Waals surface area contributed by atoms with Gasteiger partial charge in [-0.1, -0.05) is 6.92 Å². The molecule has 0 saturated carbocycles. The summed E-state index contributed by atoms with van der Waals surface area (Å²) in [7, 11) is 0. The maximum absolute atomic E-state index is 15.1. The van der Waals surface area contributed by atoms with E-state index in [0.717, 1.165) is 16.8 Å². The summed E-state index contributed by atoms with van der Waals surface area (Å²) in [5, 5.41) is 21.9. The quantitative estimate of drug-likeness (QED) is 0.457. The minimum absolute atomic E-state index is 0.188. The molecule has 3 N–H and O–H groups in total. The Hall–Kier alpha value is -3.51. The van der Waals surface area contributed by atoms with Gasteiger partial charge in [0.25, 0.3) is 5.91 Å². The van der Waals surface area contributed by atoms with Crippen molar-refractivity contribution in [1.29, 1.82) is 0 Å². The van der Waals surface area contributed by atoms with E-state index in [-0.39, 0.29) is 13.1 Å². The van der Waals surface area contributed by atoms with Crippen molar-refractivity contribution in [3.05, 3.63) is 63.5 Å². The van der Waals surface area contributed by atoms with Gasteiger partial charge in [0.1, 0.15) is 17.1 Å². The number of hydrogen-bond donors (Lipinski definition) is 3. The van der Waals surface area contributed by atoms with Crippen LogP contribution in [0.3, 0.4) is 0 Å². The zero-order valence-corrected chi connectivity index (χ0v) is 19.6. The second kappa shape index (κ2) is 9.17. The molecule has 1 saturated heterocycles. The lowest BCUT2D eigenvalue weighted by molar-refractivity contribution is 0.0572. The number of halogens is 4. The Morgan fingerprint density at radius 1 is 1.08 bits per heavy atom. The Labute approximate surface area is 202 Å². The van der Waals surface area contributed by atoms with Crippen LogP contribution in [-0.2, 0) is 0 Å². The maximum atomic E-state index is 15.1. The molecule has 1 fully saturated rings. The molecule has 0 spiro atoms. The lowest BCUT2D eigenvalue weighted by Crippen LogP contribution is -2.44. The first kappa shape index (κ1) is 25.6. The highest BCUT2D eigenvalue weighted by Crippen LogP contribution is 2.28. The van der Waals surface area contributed by atoms with Crippen molar-refractivity contribution >= 4 is 22.8 Å². The highest BCUT2D eigenvalue weighted by Gasteiger charge is 2.33. The molecule has 2 atom stereocenters. The Balaban J connectivity index is 2.02. The number of pyridine rings is 2. The van der Waals surface area contributed by atoms with E-state index in [1.54, 1.807) is 20.8 Å². The van der Waals surface area contributed by atoms with Crippen LogP contribution in [0.25, 0.3) is 16.7 Å². The summed E-state index contributed by atoms with van der Waals surface area (Å²) in [6.45, 7) is 4.83. The van der Waals surface area contributed by atoms with E-state index in [2.05, 4.69) is 10.3 Å². The number of nitrogens with zero attached hydrogens (tertiary/aromatic N) is 3. The van der Waals surface area contributed by atoms with Gasteiger partial charge in [-0.15, -0.1) is 0 Å². The van der Waals surface area contributed by atoms with Gasteiger partial charge in [0.05, 0.1) is 17.6 Å². The first-order valence-corrected chi connectivity index (χ1v) is 11.2. The average molecular weight is 508 g/mol. The summed E-state index contributed by atoms with van der Waals surface area (Å²) in [6.07, 6.45) is -1.02. The summed E-state index contributed by atoms with van der Waals surface area (Å²) < 4.78 is 59.1. The van der Waals surface area contributed by atoms with Gasteiger partial charge in [0, 0.05) is 37.0 Å². The number of aliphatic hydroxyl groups is 2. The summed E-state index contributed by atoms with van der Waals surface area (Å²) in [5.74, 6) is -6.16. The average Bonchev–Trinajstić information content (AvgIpc) is 3.12. The molecular formula is C24H24F4N4O4. The van der Waals surface area contributed by atoms with E-state index in [9.17, 15) is 33.0 Å². The van der Waals surface area contributed by atoms with Crippen LogP contribution in [0.1, 0.15) is 37.6 Å². The van der Waals surface area contributed by atoms with Crippen molar-refractivity contribution in [2.45, 2.75) is 44.9 Å². The first-order chi connectivity index (χ1) is 16.8. The lowest BCUT2D eigenvalue weighted by Gasteiger charge is -2.25. The van der Waals surface area contributed by atoms with Crippen molar-refractivity contribution in [2.75, 3.05) is 18.0 Å². The van der Waals surface area contributed by atoms with E-state index in [1.807, 2.05) is 0 Å². The van der Waals surface area contributed by atoms with Crippen molar-refractivity contribution in [3.8, 4) is 5.69 Å². The minimum atomic E-state index is -1.35. The number of aromatic nitrogens is 2. The molecule has 2 aromatic heterocycles. The smallest absolute Gasteiger partial charge is 0.257 e. The number of β-amino-alcohol motifs (C(OH)–C–C–N with tert-alkyl or cyclic N) is 2. The van der Waals surface area contributed by atoms with Gasteiger partial charge in [-0.2, -0.15) is 0 Å². The number of amides is 1. The van der Waals surface area contributed by atoms with Gasteiger partial charge in [0.15, 0.2) is 28.9 Å². The molecule has 1 aromatic carbocycles. The Morgan fingerprint density at radius 3 is 2.22 bits per heavy atom. The minimum Gasteiger partial charge on any atom is -0.389 e. The Bertz CT molecular complexity index is 1390. The van der Waals surface area contributed by atoms with E-state index in [0.29, 0.717) is 18.6 Å². The number of benzene rings is 1. The normalized spacial score (nSPS) is 18.2. The third kappa shape index (κ3) is 4.53. The molecule has 1 amide bonds. The van der Waals surface area contributed by atoms with Crippen LogP contribution in [0.2, 0.25) is 0 Å². The van der Waals surface area contributed by atoms with E-state index in [4.69, 9.17) is 0 Å². The number of hydrogen-bond acceptors (Lipinski definition) is 6. The monoisotopic (exact) mass is 508 g/mol. The second-order valence-corrected chi connectivity index (χ2v) is 9.36. The van der Waals surface area contributed by atoms with Gasteiger partial charge >= 0.3 is 0 Å². The summed E-state index contributed by atoms with van der Waals surface area (Å²) >= 11 is 0. The largest absolute Gasteiger partial charge is 0.389 e. The molecule has 4 rings (SSSR count). The van der Waals surface area contributed by atoms with Gasteiger partial charge < -0.3 is 20.4 Å². The number of carbonyl (C=O) groups is 1. The predicted octanol–water partition coefficient (Wildman–Crippen LogP) is 2.40. The molecular weight excluding hydrogens is 484 g/mol. The van der Waals surface area contributed by atoms with Crippen molar-refractivity contribution in [2.24, 2.45) is 0 Å². The van der Waals surface area contributed by atoms with Crippen molar-refractivity contribution in [1.82, 2.24) is 14.9 Å². The number of fused-ring (bicyclic) bond motifs is 1. The molecule has 1 aliphatic rings. The Kier molecular flexibility index (Phi) is 6.52. The number of aliphatic hydroxyl groups excluding tert-OH is 2. The standard InChI is InChI=1S/C24H24F4N4O4/c1-4-24(2,3)30-23(36)13-8-32(19-14(26)5-11(25)6-15(19)27)21-12(20(13)35)7-16(28)22(29-21)31-9-17(33)18(34)10-31/h5-8,17-18,33-34H,4,9-10H2,1-3H3,(H,30,36). The molecule has 3 aromatic rings. The highest BCUT2D eigenvalue weighted by molar-refractivity contribution is 5.97. The van der Waals surface area contributed by atoms with Crippen LogP contribution in [-0.4, -0.2) is 56.5 Å². The van der Waals surface area contributed by atoms with Crippen LogP contribution < -0.4 is 15.6 Å². The molecule has 3 heterocycles. The van der Waals surface area contributed by atoms with Crippen molar-refractivity contribution < 1.29 is 32.6 Å². The SMILES string of the molecule is CCC(C)(C)NC(=O)c1cn(-c2c(F)cc(F)cc2F)c2nc(N3CC(O)C(O)C3)c(F)cc2c1=O. The second-order valence-electron chi connectivity index (χ2n) is 9.36. The summed E-state index contributed by atoms with van der Waals surface area (Å²) in [6, 6.07) is 1.61. The third-order valence-corrected chi connectivity index (χ3v) is 6.27. The van der Waals surface area contributed by atoms with E-state index >= 15 is 4.39 Å². The van der Waals surface area contributed by atoms with Crippen LogP contribution in [0, 0.1) is 23.3 Å². The van der Waals surface area contributed by atoms with Gasteiger partial charge in [-0.25, -0.2) is 22.5 Å². The molecule has 12 heteroatoms. The van der Waals surface area contributed by atoms with E-state index < -0.39 is 80.5 Å². The topological polar surface area (TPSA) is 108 Å². The maximum Gasteiger partial charge on any atom is 0.257 e. The predicted molar refractivity (Wildman–Crippen MR) is 123 cm³/mol. The zero-order chi connectivity index (χ0) is 26.5. The fourth-order valence-corrected chi connectivity index (χ4v) is 3.94. The van der Waals surface area contributed by atoms with Crippen LogP contribution in [0.5, 0.6) is 0 Å². The number of anilines is 1. The zero-order valence-electron chi connectivity index (χ0n) is 19.6. The molecule has 1 aliphatic heterocycles. The third-order valence-electron chi connectivity index (χ3n) is 6.27. The molecule has 2 unspecified atom stereocenters. The van der Waals surface area contributed by atoms with E-state index in [1.165, 1.54) is 4.90 Å². The Morgan fingerprint density at radius 2 is 1.67 bits per heavy atom. The number of rotatable bonds is 5. The molecule has 36 heavy (non-hydrogen) atoms. The number of nitrogens with one attached hydrogen (secondary N) is 1. The molecule has 192 valence electrons. The van der Waals surface area contributed by atoms with Crippen LogP contribution in [0.15, 0.2) is 29.2 Å².